The van der Waals surface area contributed by atoms with Crippen LogP contribution in [0.1, 0.15) is 53.8 Å². The van der Waals surface area contributed by atoms with Crippen molar-refractivity contribution in [3.63, 3.8) is 0 Å². The van der Waals surface area contributed by atoms with Gasteiger partial charge in [0.05, 0.1) is 31.0 Å². The summed E-state index contributed by atoms with van der Waals surface area (Å²) >= 11 is 10.1. The van der Waals surface area contributed by atoms with Gasteiger partial charge in [0.15, 0.2) is 0 Å². The second kappa shape index (κ2) is 18.6. The van der Waals surface area contributed by atoms with E-state index in [2.05, 4.69) is 70.2 Å². The summed E-state index contributed by atoms with van der Waals surface area (Å²) in [4.78, 5) is 23.0. The molecular formula is C30H33Br3N2O6. The molecule has 0 bridgehead atoms. The van der Waals surface area contributed by atoms with Crippen LogP contribution in [-0.2, 0) is 37.2 Å². The minimum atomic E-state index is -0.437. The summed E-state index contributed by atoms with van der Waals surface area (Å²) in [5.74, 6) is 0.405. The van der Waals surface area contributed by atoms with Crippen molar-refractivity contribution >= 4 is 59.7 Å². The molecule has 0 fully saturated rings. The summed E-state index contributed by atoms with van der Waals surface area (Å²) < 4.78 is 21.9. The van der Waals surface area contributed by atoms with Gasteiger partial charge in [0.25, 0.3) is 0 Å². The molecular weight excluding hydrogens is 724 g/mol. The Bertz CT molecular complexity index is 1340. The van der Waals surface area contributed by atoms with Crippen LogP contribution in [0.3, 0.4) is 0 Å². The van der Waals surface area contributed by atoms with Gasteiger partial charge in [-0.1, -0.05) is 82.4 Å². The summed E-state index contributed by atoms with van der Waals surface area (Å²) in [5, 5.41) is 8.54. The number of alkyl halides is 1. The molecule has 0 N–H and O–H groups in total. The van der Waals surface area contributed by atoms with E-state index in [0.717, 1.165) is 19.8 Å². The highest BCUT2D eigenvalue weighted by Crippen LogP contribution is 2.23. The summed E-state index contributed by atoms with van der Waals surface area (Å²) in [6.45, 7) is 7.90. The number of benzene rings is 2. The van der Waals surface area contributed by atoms with Gasteiger partial charge in [-0.05, 0) is 69.5 Å². The maximum absolute atomic E-state index is 12.1. The molecule has 8 nitrogen and oxygen atoms in total. The van der Waals surface area contributed by atoms with Crippen molar-refractivity contribution in [2.45, 2.75) is 51.8 Å². The van der Waals surface area contributed by atoms with Crippen molar-refractivity contribution in [2.75, 3.05) is 13.2 Å². The predicted molar refractivity (Wildman–Crippen MR) is 167 cm³/mol. The van der Waals surface area contributed by atoms with Crippen LogP contribution >= 0.6 is 47.8 Å². The van der Waals surface area contributed by atoms with E-state index in [9.17, 15) is 9.59 Å². The lowest BCUT2D eigenvalue weighted by atomic mass is 9.96. The summed E-state index contributed by atoms with van der Waals surface area (Å²) in [7, 11) is 0. The van der Waals surface area contributed by atoms with Crippen LogP contribution in [0.4, 0.5) is 0 Å². The molecule has 41 heavy (non-hydrogen) atoms. The molecule has 11 heteroatoms. The fourth-order valence-electron chi connectivity index (χ4n) is 3.39. The Kier molecular flexibility index (Phi) is 15.6. The Balaban J connectivity index is 0.000000237. The zero-order valence-electron chi connectivity index (χ0n) is 23.4. The van der Waals surface area contributed by atoms with Crippen molar-refractivity contribution in [1.82, 2.24) is 10.3 Å². The number of ether oxygens (including phenoxy) is 2. The van der Waals surface area contributed by atoms with E-state index in [1.54, 1.807) is 39.8 Å². The summed E-state index contributed by atoms with van der Waals surface area (Å²) in [5.41, 5.74) is 3.58. The Morgan fingerprint density at radius 3 is 1.80 bits per heavy atom. The number of rotatable bonds is 9. The smallest absolute Gasteiger partial charge is 0.315 e. The van der Waals surface area contributed by atoms with E-state index in [0.29, 0.717) is 42.5 Å². The number of esters is 2. The Hall–Kier alpha value is -2.76. The molecule has 0 aliphatic carbocycles. The van der Waals surface area contributed by atoms with Gasteiger partial charge in [0.1, 0.15) is 17.4 Å². The number of hydrogen-bond acceptors (Lipinski definition) is 8. The monoisotopic (exact) mass is 754 g/mol. The highest BCUT2D eigenvalue weighted by Gasteiger charge is 2.25. The highest BCUT2D eigenvalue weighted by atomic mass is 79.9. The molecule has 220 valence electrons. The zero-order valence-corrected chi connectivity index (χ0v) is 28.1. The first-order valence-electron chi connectivity index (χ1n) is 12.9. The topological polar surface area (TPSA) is 105 Å². The molecule has 2 heterocycles. The molecule has 0 spiro atoms. The zero-order chi connectivity index (χ0) is 30.2. The predicted octanol–water partition coefficient (Wildman–Crippen LogP) is 8.07. The van der Waals surface area contributed by atoms with E-state index >= 15 is 0 Å². The van der Waals surface area contributed by atoms with Crippen LogP contribution in [-0.4, -0.2) is 35.5 Å². The molecule has 0 aliphatic heterocycles. The largest absolute Gasteiger partial charge is 0.466 e. The molecule has 2 aromatic heterocycles. The first kappa shape index (κ1) is 34.4. The number of halogens is 3. The standard InChI is InChI=1S/C15H16BrNO3.C8H11NO3.C7H6Br2/c1-3-19-15(18)13(14-8-10(2)20-17-14)9-11-4-6-12(16)7-5-11;1-3-11-8(10)5-7-4-6(2)12-9-7;8-5-6-1-3-7(9)4-2-6/h4-8,13H,3,9H2,1-2H3;4H,3,5H2,1-2H3;1-4H,5H2. The molecule has 1 unspecified atom stereocenters. The van der Waals surface area contributed by atoms with Gasteiger partial charge in [0.2, 0.25) is 0 Å². The number of carbonyl (C=O) groups is 2. The van der Waals surface area contributed by atoms with E-state index in [-0.39, 0.29) is 18.4 Å². The van der Waals surface area contributed by atoms with Gasteiger partial charge in [0, 0.05) is 26.4 Å². The minimum absolute atomic E-state index is 0.186. The van der Waals surface area contributed by atoms with Crippen molar-refractivity contribution in [1.29, 1.82) is 0 Å². The highest BCUT2D eigenvalue weighted by molar-refractivity contribution is 9.10. The van der Waals surface area contributed by atoms with Crippen molar-refractivity contribution in [3.05, 3.63) is 104 Å². The van der Waals surface area contributed by atoms with Gasteiger partial charge in [-0.3, -0.25) is 9.59 Å². The minimum Gasteiger partial charge on any atom is -0.466 e. The average molecular weight is 757 g/mol. The number of nitrogens with zero attached hydrogens (tertiary/aromatic N) is 2. The molecule has 4 aromatic rings. The molecule has 0 amide bonds. The summed E-state index contributed by atoms with van der Waals surface area (Å²) in [6, 6.07) is 19.6. The van der Waals surface area contributed by atoms with Gasteiger partial charge in [-0.25, -0.2) is 0 Å². The molecule has 0 radical (unpaired) electrons. The lowest BCUT2D eigenvalue weighted by Gasteiger charge is -2.13. The third kappa shape index (κ3) is 13.2. The van der Waals surface area contributed by atoms with E-state index in [1.807, 2.05) is 36.4 Å². The van der Waals surface area contributed by atoms with Gasteiger partial charge in [-0.2, -0.15) is 0 Å². The molecule has 0 saturated carbocycles. The molecule has 2 aromatic carbocycles. The van der Waals surface area contributed by atoms with Gasteiger partial charge >= 0.3 is 11.9 Å². The van der Waals surface area contributed by atoms with Crippen molar-refractivity contribution < 1.29 is 28.1 Å². The molecule has 1 atom stereocenters. The Morgan fingerprint density at radius 1 is 0.805 bits per heavy atom. The maximum Gasteiger partial charge on any atom is 0.315 e. The number of carbonyl (C=O) groups excluding carboxylic acids is 2. The van der Waals surface area contributed by atoms with Crippen molar-refractivity contribution in [2.24, 2.45) is 0 Å². The van der Waals surface area contributed by atoms with Crippen LogP contribution in [0.25, 0.3) is 0 Å². The van der Waals surface area contributed by atoms with Crippen molar-refractivity contribution in [3.8, 4) is 0 Å². The van der Waals surface area contributed by atoms with Crippen LogP contribution < -0.4 is 0 Å². The van der Waals surface area contributed by atoms with Gasteiger partial charge < -0.3 is 18.5 Å². The second-order valence-electron chi connectivity index (χ2n) is 8.67. The maximum atomic E-state index is 12.1. The van der Waals surface area contributed by atoms with Crippen LogP contribution in [0, 0.1) is 13.8 Å². The fourth-order valence-corrected chi connectivity index (χ4v) is 4.29. The first-order chi connectivity index (χ1) is 19.6. The lowest BCUT2D eigenvalue weighted by Crippen LogP contribution is -2.18. The Morgan fingerprint density at radius 2 is 1.34 bits per heavy atom. The number of hydrogen-bond donors (Lipinski definition) is 0. The molecule has 0 aliphatic rings. The quantitative estimate of drug-likeness (QED) is 0.125. The fraction of sp³-hybridized carbons (Fsp3) is 0.333. The third-order valence-electron chi connectivity index (χ3n) is 5.30. The van der Waals surface area contributed by atoms with Gasteiger partial charge in [-0.15, -0.1) is 0 Å². The van der Waals surface area contributed by atoms with E-state index in [4.69, 9.17) is 18.5 Å². The average Bonchev–Trinajstić information content (AvgIpc) is 3.57. The first-order valence-corrected chi connectivity index (χ1v) is 15.6. The molecule has 4 rings (SSSR count). The second-order valence-corrected chi connectivity index (χ2v) is 11.1. The molecule has 0 saturated heterocycles. The Labute approximate surface area is 265 Å². The normalized spacial score (nSPS) is 10.9. The van der Waals surface area contributed by atoms with Crippen LogP contribution in [0.2, 0.25) is 0 Å². The third-order valence-corrected chi connectivity index (χ3v) is 7.01. The SMILES string of the molecule is BrCc1ccc(Br)cc1.CCOC(=O)C(Cc1ccc(Br)cc1)c1cc(C)on1.CCOC(=O)Cc1cc(C)on1. The summed E-state index contributed by atoms with van der Waals surface area (Å²) in [6.07, 6.45) is 0.725. The lowest BCUT2D eigenvalue weighted by molar-refractivity contribution is -0.145. The number of aromatic nitrogens is 2. The van der Waals surface area contributed by atoms with Crippen LogP contribution in [0.5, 0.6) is 0 Å². The van der Waals surface area contributed by atoms with E-state index < -0.39 is 5.92 Å². The van der Waals surface area contributed by atoms with E-state index in [1.165, 1.54) is 5.56 Å². The number of aryl methyl sites for hydroxylation is 2. The van der Waals surface area contributed by atoms with Crippen LogP contribution in [0.15, 0.2) is 78.7 Å².